The molecule has 0 fully saturated rings. The minimum atomic E-state index is -4.34. The number of benzene rings is 1. The number of rotatable bonds is 2. The van der Waals surface area contributed by atoms with E-state index < -0.39 is 11.7 Å². The molecule has 2 rings (SSSR count). The van der Waals surface area contributed by atoms with Gasteiger partial charge in [0.25, 0.3) is 0 Å². The topological polar surface area (TPSA) is 38.9 Å². The van der Waals surface area contributed by atoms with Crippen LogP contribution in [0.2, 0.25) is 0 Å². The lowest BCUT2D eigenvalue weighted by molar-refractivity contribution is -0.137. The quantitative estimate of drug-likeness (QED) is 0.900. The summed E-state index contributed by atoms with van der Waals surface area (Å²) >= 11 is 1.35. The van der Waals surface area contributed by atoms with Crippen LogP contribution in [-0.2, 0) is 6.18 Å². The normalized spacial score (nSPS) is 12.9. The average Bonchev–Trinajstić information content (AvgIpc) is 2.77. The van der Waals surface area contributed by atoms with Gasteiger partial charge in [0.1, 0.15) is 5.01 Å². The molecule has 0 aliphatic carbocycles. The Morgan fingerprint density at radius 3 is 2.53 bits per heavy atom. The first-order valence-electron chi connectivity index (χ1n) is 5.26. The van der Waals surface area contributed by atoms with Crippen LogP contribution in [0.1, 0.15) is 23.5 Å². The second-order valence-electron chi connectivity index (χ2n) is 3.94. The number of nitrogens with zero attached hydrogens (tertiary/aromatic N) is 1. The van der Waals surface area contributed by atoms with E-state index in [-0.39, 0.29) is 18.4 Å². The first kappa shape index (κ1) is 15.9. The summed E-state index contributed by atoms with van der Waals surface area (Å²) in [4.78, 5) is 4.23. The fourth-order valence-corrected chi connectivity index (χ4v) is 2.27. The first-order valence-corrected chi connectivity index (χ1v) is 6.14. The summed E-state index contributed by atoms with van der Waals surface area (Å²) in [6.07, 6.45) is -4.34. The van der Waals surface area contributed by atoms with Gasteiger partial charge in [-0.3, -0.25) is 0 Å². The third-order valence-corrected chi connectivity index (χ3v) is 3.44. The molecule has 1 aromatic carbocycles. The SMILES string of the molecule is CC(N)c1nc(-c2cccc(C(F)(F)F)c2)cs1.Cl. The molecule has 0 saturated carbocycles. The van der Waals surface area contributed by atoms with Crippen LogP contribution < -0.4 is 5.73 Å². The number of alkyl halides is 3. The predicted octanol–water partition coefficient (Wildman–Crippen LogP) is 4.27. The van der Waals surface area contributed by atoms with Gasteiger partial charge < -0.3 is 5.73 Å². The van der Waals surface area contributed by atoms with E-state index in [0.29, 0.717) is 16.3 Å². The molecule has 19 heavy (non-hydrogen) atoms. The third kappa shape index (κ3) is 3.68. The maximum absolute atomic E-state index is 12.6. The first-order chi connectivity index (χ1) is 8.38. The van der Waals surface area contributed by atoms with Crippen molar-refractivity contribution in [1.82, 2.24) is 4.98 Å². The lowest BCUT2D eigenvalue weighted by atomic mass is 10.1. The Kier molecular flexibility index (Phi) is 4.95. The molecule has 1 heterocycles. The lowest BCUT2D eigenvalue weighted by Crippen LogP contribution is -2.05. The number of hydrogen-bond acceptors (Lipinski definition) is 3. The van der Waals surface area contributed by atoms with E-state index >= 15 is 0 Å². The maximum Gasteiger partial charge on any atom is 0.416 e. The van der Waals surface area contributed by atoms with Crippen molar-refractivity contribution < 1.29 is 13.2 Å². The zero-order valence-electron chi connectivity index (χ0n) is 9.94. The van der Waals surface area contributed by atoms with Crippen molar-refractivity contribution in [2.24, 2.45) is 5.73 Å². The van der Waals surface area contributed by atoms with E-state index in [9.17, 15) is 13.2 Å². The molecule has 0 aliphatic rings. The van der Waals surface area contributed by atoms with Crippen LogP contribution >= 0.6 is 23.7 Å². The van der Waals surface area contributed by atoms with Crippen LogP contribution in [0.4, 0.5) is 13.2 Å². The van der Waals surface area contributed by atoms with E-state index in [4.69, 9.17) is 5.73 Å². The molecular formula is C12H12ClF3N2S. The monoisotopic (exact) mass is 308 g/mol. The Balaban J connectivity index is 0.00000180. The van der Waals surface area contributed by atoms with E-state index in [1.807, 2.05) is 0 Å². The fourth-order valence-electron chi connectivity index (χ4n) is 1.48. The second kappa shape index (κ2) is 5.90. The number of halogens is 4. The molecule has 0 spiro atoms. The van der Waals surface area contributed by atoms with Crippen molar-refractivity contribution in [3.63, 3.8) is 0 Å². The zero-order chi connectivity index (χ0) is 13.3. The highest BCUT2D eigenvalue weighted by Crippen LogP contribution is 2.32. The van der Waals surface area contributed by atoms with Crippen molar-refractivity contribution in [3.05, 3.63) is 40.2 Å². The molecule has 1 atom stereocenters. The molecule has 0 aliphatic heterocycles. The summed E-state index contributed by atoms with van der Waals surface area (Å²) in [6, 6.07) is 4.91. The molecular weight excluding hydrogens is 297 g/mol. The van der Waals surface area contributed by atoms with Crippen LogP contribution in [0.25, 0.3) is 11.3 Å². The number of thiazole rings is 1. The molecule has 0 amide bonds. The highest BCUT2D eigenvalue weighted by atomic mass is 35.5. The molecule has 7 heteroatoms. The van der Waals surface area contributed by atoms with Gasteiger partial charge in [0.15, 0.2) is 0 Å². The molecule has 0 bridgehead atoms. The van der Waals surface area contributed by atoms with Gasteiger partial charge in [-0.25, -0.2) is 4.98 Å². The van der Waals surface area contributed by atoms with Gasteiger partial charge in [-0.1, -0.05) is 12.1 Å². The highest BCUT2D eigenvalue weighted by Gasteiger charge is 2.30. The van der Waals surface area contributed by atoms with Crippen molar-refractivity contribution in [3.8, 4) is 11.3 Å². The second-order valence-corrected chi connectivity index (χ2v) is 4.83. The lowest BCUT2D eigenvalue weighted by Gasteiger charge is -2.07. The van der Waals surface area contributed by atoms with Crippen LogP contribution in [0, 0.1) is 0 Å². The summed E-state index contributed by atoms with van der Waals surface area (Å²) in [5, 5.41) is 2.43. The summed E-state index contributed by atoms with van der Waals surface area (Å²) < 4.78 is 37.7. The van der Waals surface area contributed by atoms with E-state index in [0.717, 1.165) is 12.1 Å². The van der Waals surface area contributed by atoms with Crippen LogP contribution in [-0.4, -0.2) is 4.98 Å². The van der Waals surface area contributed by atoms with E-state index in [1.165, 1.54) is 17.4 Å². The number of nitrogens with two attached hydrogens (primary N) is 1. The van der Waals surface area contributed by atoms with Gasteiger partial charge in [0, 0.05) is 10.9 Å². The highest BCUT2D eigenvalue weighted by molar-refractivity contribution is 7.10. The Hall–Kier alpha value is -1.11. The molecule has 1 unspecified atom stereocenters. The van der Waals surface area contributed by atoms with Crippen molar-refractivity contribution >= 4 is 23.7 Å². The molecule has 1 aromatic heterocycles. The summed E-state index contributed by atoms with van der Waals surface area (Å²) in [5.41, 5.74) is 5.98. The zero-order valence-corrected chi connectivity index (χ0v) is 11.6. The smallest absolute Gasteiger partial charge is 0.322 e. The van der Waals surface area contributed by atoms with Crippen LogP contribution in [0.3, 0.4) is 0 Å². The minimum Gasteiger partial charge on any atom is -0.322 e. The van der Waals surface area contributed by atoms with Crippen LogP contribution in [0.15, 0.2) is 29.6 Å². The minimum absolute atomic E-state index is 0. The predicted molar refractivity (Wildman–Crippen MR) is 72.4 cm³/mol. The third-order valence-electron chi connectivity index (χ3n) is 2.40. The number of hydrogen-bond donors (Lipinski definition) is 1. The maximum atomic E-state index is 12.6. The van der Waals surface area contributed by atoms with E-state index in [1.54, 1.807) is 18.4 Å². The molecule has 2 nitrogen and oxygen atoms in total. The Labute approximate surface area is 118 Å². The van der Waals surface area contributed by atoms with Crippen LogP contribution in [0.5, 0.6) is 0 Å². The molecule has 104 valence electrons. The largest absolute Gasteiger partial charge is 0.416 e. The van der Waals surface area contributed by atoms with Gasteiger partial charge in [-0.15, -0.1) is 23.7 Å². The molecule has 0 radical (unpaired) electrons. The van der Waals surface area contributed by atoms with Crippen molar-refractivity contribution in [1.29, 1.82) is 0 Å². The van der Waals surface area contributed by atoms with Gasteiger partial charge in [0.2, 0.25) is 0 Å². The van der Waals surface area contributed by atoms with Gasteiger partial charge in [0.05, 0.1) is 17.3 Å². The van der Waals surface area contributed by atoms with Gasteiger partial charge >= 0.3 is 6.18 Å². The Bertz CT molecular complexity index is 552. The average molecular weight is 309 g/mol. The Morgan fingerprint density at radius 2 is 2.00 bits per heavy atom. The number of aromatic nitrogens is 1. The Morgan fingerprint density at radius 1 is 1.32 bits per heavy atom. The van der Waals surface area contributed by atoms with Gasteiger partial charge in [-0.2, -0.15) is 13.2 Å². The molecule has 2 aromatic rings. The summed E-state index contributed by atoms with van der Waals surface area (Å²) in [7, 11) is 0. The molecule has 0 saturated heterocycles. The summed E-state index contributed by atoms with van der Waals surface area (Å²) in [6.45, 7) is 1.79. The molecule has 2 N–H and O–H groups in total. The fraction of sp³-hybridized carbons (Fsp3) is 0.250. The summed E-state index contributed by atoms with van der Waals surface area (Å²) in [5.74, 6) is 0. The van der Waals surface area contributed by atoms with Crippen molar-refractivity contribution in [2.45, 2.75) is 19.1 Å². The van der Waals surface area contributed by atoms with E-state index in [2.05, 4.69) is 4.98 Å². The van der Waals surface area contributed by atoms with Crippen molar-refractivity contribution in [2.75, 3.05) is 0 Å². The van der Waals surface area contributed by atoms with Gasteiger partial charge in [-0.05, 0) is 19.1 Å². The standard InChI is InChI=1S/C12H11F3N2S.ClH/c1-7(16)11-17-10(6-18-11)8-3-2-4-9(5-8)12(13,14)15;/h2-7H,16H2,1H3;1H.